The number of ether oxygens (including phenoxy) is 2. The van der Waals surface area contributed by atoms with Crippen molar-refractivity contribution in [3.63, 3.8) is 0 Å². The molecule has 1 saturated carbocycles. The van der Waals surface area contributed by atoms with E-state index in [1.165, 1.54) is 31.9 Å². The summed E-state index contributed by atoms with van der Waals surface area (Å²) in [6.07, 6.45) is 6.34. The van der Waals surface area contributed by atoms with Crippen LogP contribution in [0.25, 0.3) is 0 Å². The van der Waals surface area contributed by atoms with E-state index in [1.54, 1.807) is 6.92 Å². The zero-order valence-corrected chi connectivity index (χ0v) is 15.9. The van der Waals surface area contributed by atoms with Crippen LogP contribution in [0.15, 0.2) is 6.07 Å². The van der Waals surface area contributed by atoms with Crippen LogP contribution in [0.2, 0.25) is 5.02 Å². The van der Waals surface area contributed by atoms with E-state index in [2.05, 4.69) is 4.90 Å². The van der Waals surface area contributed by atoms with Gasteiger partial charge in [0.25, 0.3) is 0 Å². The van der Waals surface area contributed by atoms with E-state index in [0.717, 1.165) is 31.8 Å². The highest BCUT2D eigenvalue weighted by Gasteiger charge is 2.35. The van der Waals surface area contributed by atoms with Gasteiger partial charge in [0, 0.05) is 18.0 Å². The number of fused-ring (bicyclic) bond motifs is 1. The lowest BCUT2D eigenvalue weighted by molar-refractivity contribution is 0.0157. The largest absolute Gasteiger partial charge is 0.484 e. The number of carboxylic acids is 1. The second kappa shape index (κ2) is 7.28. The first-order valence-corrected chi connectivity index (χ1v) is 9.99. The van der Waals surface area contributed by atoms with E-state index in [9.17, 15) is 9.90 Å². The van der Waals surface area contributed by atoms with Gasteiger partial charge in [-0.3, -0.25) is 0 Å². The van der Waals surface area contributed by atoms with Crippen LogP contribution in [0.1, 0.15) is 48.0 Å². The molecule has 1 atom stereocenters. The van der Waals surface area contributed by atoms with Crippen LogP contribution < -0.4 is 9.47 Å². The summed E-state index contributed by atoms with van der Waals surface area (Å²) in [4.78, 5) is 14.0. The Morgan fingerprint density at radius 1 is 1.27 bits per heavy atom. The van der Waals surface area contributed by atoms with Crippen molar-refractivity contribution in [1.29, 1.82) is 0 Å². The van der Waals surface area contributed by atoms with E-state index < -0.39 is 5.97 Å². The van der Waals surface area contributed by atoms with Crippen LogP contribution in [-0.4, -0.2) is 48.3 Å². The number of aromatic carboxylic acids is 1. The van der Waals surface area contributed by atoms with Crippen molar-refractivity contribution in [2.45, 2.75) is 45.1 Å². The Balaban J connectivity index is 1.43. The average Bonchev–Trinajstić information content (AvgIpc) is 2.61. The maximum atomic E-state index is 11.4. The van der Waals surface area contributed by atoms with Gasteiger partial charge in [0.2, 0.25) is 0 Å². The Morgan fingerprint density at radius 3 is 2.62 bits per heavy atom. The van der Waals surface area contributed by atoms with Crippen LogP contribution in [0.3, 0.4) is 0 Å². The van der Waals surface area contributed by atoms with Gasteiger partial charge in [0.15, 0.2) is 11.5 Å². The number of likely N-dealkylation sites (tertiary alicyclic amines) is 1. The molecular weight excluding hydrogens is 354 g/mol. The van der Waals surface area contributed by atoms with Crippen LogP contribution in [0.4, 0.5) is 0 Å². The third-order valence-electron chi connectivity index (χ3n) is 6.23. The number of nitrogens with zero attached hydrogens (tertiary/aromatic N) is 1. The van der Waals surface area contributed by atoms with Gasteiger partial charge in [0.05, 0.1) is 10.6 Å². The summed E-state index contributed by atoms with van der Waals surface area (Å²) in [5.41, 5.74) is 0.761. The normalized spacial score (nSPS) is 24.3. The number of carboxylic acid groups (broad SMARTS) is 1. The van der Waals surface area contributed by atoms with Crippen molar-refractivity contribution in [2.24, 2.45) is 11.8 Å². The van der Waals surface area contributed by atoms with Gasteiger partial charge < -0.3 is 19.5 Å². The number of halogens is 1. The zero-order valence-electron chi connectivity index (χ0n) is 15.2. The lowest BCUT2D eigenvalue weighted by atomic mass is 9.84. The lowest BCUT2D eigenvalue weighted by Crippen LogP contribution is -2.45. The third-order valence-corrected chi connectivity index (χ3v) is 6.51. The van der Waals surface area contributed by atoms with Gasteiger partial charge in [-0.2, -0.15) is 0 Å². The number of benzene rings is 1. The maximum Gasteiger partial charge on any atom is 0.336 e. The molecule has 5 nitrogen and oxygen atoms in total. The van der Waals surface area contributed by atoms with Gasteiger partial charge in [-0.25, -0.2) is 4.79 Å². The van der Waals surface area contributed by atoms with Crippen LogP contribution >= 0.6 is 11.6 Å². The van der Waals surface area contributed by atoms with E-state index in [0.29, 0.717) is 34.6 Å². The minimum Gasteiger partial charge on any atom is -0.484 e. The molecule has 142 valence electrons. The van der Waals surface area contributed by atoms with Gasteiger partial charge in [-0.1, -0.05) is 18.0 Å². The Hall–Kier alpha value is -1.46. The smallest absolute Gasteiger partial charge is 0.336 e. The van der Waals surface area contributed by atoms with Gasteiger partial charge in [0.1, 0.15) is 12.7 Å². The second-order valence-corrected chi connectivity index (χ2v) is 8.30. The van der Waals surface area contributed by atoms with E-state index in [-0.39, 0.29) is 11.7 Å². The SMILES string of the molecule is Cc1c(C(=O)O)cc(Cl)c2c1O[C@@H](C1CCN(CC3CCC3)CC1)CO2. The number of rotatable bonds is 4. The van der Waals surface area contributed by atoms with Gasteiger partial charge >= 0.3 is 5.97 Å². The van der Waals surface area contributed by atoms with Crippen LogP contribution in [0.5, 0.6) is 11.5 Å². The predicted molar refractivity (Wildman–Crippen MR) is 99.6 cm³/mol. The summed E-state index contributed by atoms with van der Waals surface area (Å²) >= 11 is 6.21. The molecular formula is C20H26ClNO4. The summed E-state index contributed by atoms with van der Waals surface area (Å²) < 4.78 is 12.1. The van der Waals surface area contributed by atoms with Crippen molar-refractivity contribution in [3.8, 4) is 11.5 Å². The quantitative estimate of drug-likeness (QED) is 0.856. The number of carbonyl (C=O) groups is 1. The Kier molecular flexibility index (Phi) is 5.02. The van der Waals surface area contributed by atoms with Gasteiger partial charge in [-0.15, -0.1) is 0 Å². The molecule has 0 aromatic heterocycles. The fraction of sp³-hybridized carbons (Fsp3) is 0.650. The standard InChI is InChI=1S/C20H26ClNO4/c1-12-15(20(23)24)9-16(21)19-18(12)26-17(11-25-19)14-5-7-22(8-6-14)10-13-3-2-4-13/h9,13-14,17H,2-8,10-11H2,1H3,(H,23,24)/t17-/m1/s1. The molecule has 26 heavy (non-hydrogen) atoms. The summed E-state index contributed by atoms with van der Waals surface area (Å²) in [6, 6.07) is 1.45. The number of piperidine rings is 1. The molecule has 1 saturated heterocycles. The molecule has 4 rings (SSSR count). The molecule has 2 aliphatic heterocycles. The fourth-order valence-electron chi connectivity index (χ4n) is 4.33. The lowest BCUT2D eigenvalue weighted by Gasteiger charge is -2.40. The zero-order chi connectivity index (χ0) is 18.3. The summed E-state index contributed by atoms with van der Waals surface area (Å²) in [5.74, 6) is 1.33. The Bertz CT molecular complexity index is 696. The topological polar surface area (TPSA) is 59.0 Å². The minimum absolute atomic E-state index is 0.0350. The first-order valence-electron chi connectivity index (χ1n) is 9.61. The van der Waals surface area contributed by atoms with Crippen molar-refractivity contribution >= 4 is 17.6 Å². The summed E-state index contributed by atoms with van der Waals surface area (Å²) in [5, 5.41) is 9.67. The van der Waals surface area contributed by atoms with Crippen molar-refractivity contribution in [2.75, 3.05) is 26.2 Å². The summed E-state index contributed by atoms with van der Waals surface area (Å²) in [6.45, 7) is 5.71. The third kappa shape index (κ3) is 3.39. The Morgan fingerprint density at radius 2 is 2.00 bits per heavy atom. The van der Waals surface area contributed by atoms with Crippen molar-refractivity contribution in [1.82, 2.24) is 4.90 Å². The molecule has 0 amide bonds. The minimum atomic E-state index is -0.998. The van der Waals surface area contributed by atoms with E-state index >= 15 is 0 Å². The second-order valence-electron chi connectivity index (χ2n) is 7.90. The van der Waals surface area contributed by atoms with Crippen molar-refractivity contribution in [3.05, 3.63) is 22.2 Å². The first kappa shape index (κ1) is 17.9. The van der Waals surface area contributed by atoms with Crippen LogP contribution in [-0.2, 0) is 0 Å². The first-order chi connectivity index (χ1) is 12.5. The number of hydrogen-bond donors (Lipinski definition) is 1. The molecule has 1 aromatic rings. The molecule has 0 unspecified atom stereocenters. The highest BCUT2D eigenvalue weighted by molar-refractivity contribution is 6.32. The van der Waals surface area contributed by atoms with E-state index in [4.69, 9.17) is 21.1 Å². The molecule has 1 aromatic carbocycles. The van der Waals surface area contributed by atoms with Crippen LogP contribution in [0, 0.1) is 18.8 Å². The fourth-order valence-corrected chi connectivity index (χ4v) is 4.58. The highest BCUT2D eigenvalue weighted by atomic mass is 35.5. The molecule has 3 aliphatic rings. The molecule has 6 heteroatoms. The number of hydrogen-bond acceptors (Lipinski definition) is 4. The maximum absolute atomic E-state index is 11.4. The van der Waals surface area contributed by atoms with E-state index in [1.807, 2.05) is 0 Å². The molecule has 2 fully saturated rings. The molecule has 0 bridgehead atoms. The molecule has 2 heterocycles. The average molecular weight is 380 g/mol. The summed E-state index contributed by atoms with van der Waals surface area (Å²) in [7, 11) is 0. The molecule has 1 aliphatic carbocycles. The molecule has 0 spiro atoms. The predicted octanol–water partition coefficient (Wildman–Crippen LogP) is 4.00. The van der Waals surface area contributed by atoms with Gasteiger partial charge in [-0.05, 0) is 57.7 Å². The Labute approximate surface area is 159 Å². The highest BCUT2D eigenvalue weighted by Crippen LogP contribution is 2.44. The molecule has 0 radical (unpaired) electrons. The monoisotopic (exact) mass is 379 g/mol. The van der Waals surface area contributed by atoms with Crippen molar-refractivity contribution < 1.29 is 19.4 Å². The molecule has 1 N–H and O–H groups in total.